The van der Waals surface area contributed by atoms with Crippen molar-refractivity contribution in [3.05, 3.63) is 29.8 Å². The molecule has 1 aliphatic heterocycles. The van der Waals surface area contributed by atoms with Gasteiger partial charge in [0.15, 0.2) is 0 Å². The summed E-state index contributed by atoms with van der Waals surface area (Å²) in [5, 5.41) is 5.10. The molecule has 1 aliphatic carbocycles. The normalized spacial score (nSPS) is 27.0. The molecule has 0 bridgehead atoms. The summed E-state index contributed by atoms with van der Waals surface area (Å²) in [6.45, 7) is 5.63. The van der Waals surface area contributed by atoms with E-state index in [1.54, 1.807) is 0 Å². The number of nitrogens with one attached hydrogen (secondary N) is 2. The molecule has 4 amide bonds. The van der Waals surface area contributed by atoms with E-state index in [1.165, 1.54) is 0 Å². The predicted molar refractivity (Wildman–Crippen MR) is 94.8 cm³/mol. The summed E-state index contributed by atoms with van der Waals surface area (Å²) < 4.78 is 26.5. The van der Waals surface area contributed by atoms with E-state index < -0.39 is 41.6 Å². The number of urea groups is 1. The number of amides is 4. The number of anilines is 1. The third-order valence-corrected chi connectivity index (χ3v) is 5.07. The van der Waals surface area contributed by atoms with Crippen LogP contribution >= 0.6 is 0 Å². The van der Waals surface area contributed by atoms with Gasteiger partial charge in [-0.15, -0.1) is 0 Å². The first-order valence-corrected chi connectivity index (χ1v) is 8.90. The van der Waals surface area contributed by atoms with Crippen molar-refractivity contribution in [2.45, 2.75) is 45.6 Å². The maximum Gasteiger partial charge on any atom is 0.325 e. The number of nitrogens with zero attached hydrogens (tertiary/aromatic N) is 1. The minimum atomic E-state index is -0.997. The van der Waals surface area contributed by atoms with Gasteiger partial charge in [0.25, 0.3) is 5.91 Å². The SMILES string of the molecule is CC1CC(C)(C)CC2(C1)NC(=O)N(CC(=O)Nc1cc(F)cc(F)c1)C2=O. The largest absolute Gasteiger partial charge is 0.325 e. The summed E-state index contributed by atoms with van der Waals surface area (Å²) in [6, 6.07) is 1.98. The van der Waals surface area contributed by atoms with Crippen LogP contribution in [0.25, 0.3) is 0 Å². The fourth-order valence-electron chi connectivity index (χ4n) is 4.62. The summed E-state index contributed by atoms with van der Waals surface area (Å²) in [6.07, 6.45) is 1.97. The summed E-state index contributed by atoms with van der Waals surface area (Å²) in [5.41, 5.74) is -1.19. The average molecular weight is 379 g/mol. The van der Waals surface area contributed by atoms with Gasteiger partial charge in [0.2, 0.25) is 5.91 Å². The molecule has 8 heteroatoms. The third kappa shape index (κ3) is 3.94. The van der Waals surface area contributed by atoms with Gasteiger partial charge in [-0.3, -0.25) is 14.5 Å². The highest BCUT2D eigenvalue weighted by Gasteiger charge is 2.56. The number of hydrogen-bond donors (Lipinski definition) is 2. The number of hydrogen-bond acceptors (Lipinski definition) is 3. The molecule has 2 N–H and O–H groups in total. The van der Waals surface area contributed by atoms with E-state index in [-0.39, 0.29) is 17.0 Å². The third-order valence-electron chi connectivity index (χ3n) is 5.07. The number of imide groups is 1. The fourth-order valence-corrected chi connectivity index (χ4v) is 4.62. The minimum Gasteiger partial charge on any atom is -0.324 e. The standard InChI is InChI=1S/C19H23F2N3O3/c1-11-7-18(2,3)10-19(8-11)16(26)24(17(27)23-19)9-15(25)22-14-5-12(20)4-13(21)6-14/h4-6,11H,7-10H2,1-3H3,(H,22,25)(H,23,27). The lowest BCUT2D eigenvalue weighted by Crippen LogP contribution is -2.54. The summed E-state index contributed by atoms with van der Waals surface area (Å²) in [4.78, 5) is 38.4. The van der Waals surface area contributed by atoms with Crippen LogP contribution in [0.4, 0.5) is 19.3 Å². The van der Waals surface area contributed by atoms with Crippen LogP contribution < -0.4 is 10.6 Å². The van der Waals surface area contributed by atoms with Crippen molar-refractivity contribution in [1.29, 1.82) is 0 Å². The van der Waals surface area contributed by atoms with E-state index >= 15 is 0 Å². The number of carbonyl (C=O) groups excluding carboxylic acids is 3. The van der Waals surface area contributed by atoms with Gasteiger partial charge in [-0.25, -0.2) is 13.6 Å². The van der Waals surface area contributed by atoms with E-state index in [4.69, 9.17) is 0 Å². The van der Waals surface area contributed by atoms with Crippen LogP contribution in [0, 0.1) is 23.0 Å². The Morgan fingerprint density at radius 1 is 1.22 bits per heavy atom. The monoisotopic (exact) mass is 379 g/mol. The first-order chi connectivity index (χ1) is 12.5. The lowest BCUT2D eigenvalue weighted by molar-refractivity contribution is -0.136. The Bertz CT molecular complexity index is 791. The van der Waals surface area contributed by atoms with Crippen molar-refractivity contribution in [3.8, 4) is 0 Å². The molecule has 3 rings (SSSR count). The van der Waals surface area contributed by atoms with Gasteiger partial charge in [-0.2, -0.15) is 0 Å². The van der Waals surface area contributed by atoms with Crippen LogP contribution in [0.3, 0.4) is 0 Å². The van der Waals surface area contributed by atoms with Gasteiger partial charge in [0.1, 0.15) is 23.7 Å². The van der Waals surface area contributed by atoms with E-state index in [9.17, 15) is 23.2 Å². The van der Waals surface area contributed by atoms with Gasteiger partial charge in [0.05, 0.1) is 0 Å². The first kappa shape index (κ1) is 19.3. The molecule has 27 heavy (non-hydrogen) atoms. The Hall–Kier alpha value is -2.51. The van der Waals surface area contributed by atoms with Crippen LogP contribution in [0.15, 0.2) is 18.2 Å². The van der Waals surface area contributed by atoms with Crippen molar-refractivity contribution >= 4 is 23.5 Å². The number of halogens is 2. The van der Waals surface area contributed by atoms with Crippen molar-refractivity contribution in [3.63, 3.8) is 0 Å². The van der Waals surface area contributed by atoms with Crippen LogP contribution in [-0.4, -0.2) is 34.8 Å². The molecule has 1 aromatic rings. The molecule has 1 saturated heterocycles. The number of rotatable bonds is 3. The molecule has 0 radical (unpaired) electrons. The van der Waals surface area contributed by atoms with Crippen molar-refractivity contribution in [2.75, 3.05) is 11.9 Å². The predicted octanol–water partition coefficient (Wildman–Crippen LogP) is 3.04. The topological polar surface area (TPSA) is 78.5 Å². The maximum absolute atomic E-state index is 13.2. The van der Waals surface area contributed by atoms with Crippen LogP contribution in [0.2, 0.25) is 0 Å². The van der Waals surface area contributed by atoms with Crippen LogP contribution in [-0.2, 0) is 9.59 Å². The minimum absolute atomic E-state index is 0.0771. The molecule has 1 aromatic carbocycles. The molecule has 1 heterocycles. The molecule has 0 aromatic heterocycles. The van der Waals surface area contributed by atoms with Gasteiger partial charge < -0.3 is 10.6 Å². The van der Waals surface area contributed by atoms with Crippen molar-refractivity contribution < 1.29 is 23.2 Å². The van der Waals surface area contributed by atoms with Crippen molar-refractivity contribution in [1.82, 2.24) is 10.2 Å². The Balaban J connectivity index is 1.73. The number of benzene rings is 1. The fraction of sp³-hybridized carbons (Fsp3) is 0.526. The molecular formula is C19H23F2N3O3. The molecule has 1 spiro atoms. The average Bonchev–Trinajstić information content (AvgIpc) is 2.67. The second-order valence-electron chi connectivity index (χ2n) is 8.46. The summed E-state index contributed by atoms with van der Waals surface area (Å²) in [5.74, 6) is -2.55. The van der Waals surface area contributed by atoms with Crippen molar-refractivity contribution in [2.24, 2.45) is 11.3 Å². The smallest absolute Gasteiger partial charge is 0.324 e. The molecule has 146 valence electrons. The molecule has 2 atom stereocenters. The zero-order valence-electron chi connectivity index (χ0n) is 15.6. The lowest BCUT2D eigenvalue weighted by Gasteiger charge is -2.43. The van der Waals surface area contributed by atoms with Gasteiger partial charge in [-0.05, 0) is 42.7 Å². The highest BCUT2D eigenvalue weighted by molar-refractivity contribution is 6.10. The Labute approximate surface area is 156 Å². The molecular weight excluding hydrogens is 356 g/mol. The van der Waals surface area contributed by atoms with Gasteiger partial charge in [0, 0.05) is 11.8 Å². The Morgan fingerprint density at radius 3 is 2.44 bits per heavy atom. The maximum atomic E-state index is 13.2. The quantitative estimate of drug-likeness (QED) is 0.793. The Morgan fingerprint density at radius 2 is 1.85 bits per heavy atom. The molecule has 2 unspecified atom stereocenters. The second-order valence-corrected chi connectivity index (χ2v) is 8.46. The lowest BCUT2D eigenvalue weighted by atomic mass is 9.64. The number of carbonyl (C=O) groups is 3. The zero-order valence-corrected chi connectivity index (χ0v) is 15.6. The van der Waals surface area contributed by atoms with E-state index in [0.29, 0.717) is 18.9 Å². The molecule has 6 nitrogen and oxygen atoms in total. The van der Waals surface area contributed by atoms with Crippen LogP contribution in [0.5, 0.6) is 0 Å². The van der Waals surface area contributed by atoms with E-state index in [0.717, 1.165) is 23.5 Å². The van der Waals surface area contributed by atoms with E-state index in [2.05, 4.69) is 24.5 Å². The molecule has 2 aliphatic rings. The van der Waals surface area contributed by atoms with Gasteiger partial charge in [-0.1, -0.05) is 20.8 Å². The molecule has 1 saturated carbocycles. The first-order valence-electron chi connectivity index (χ1n) is 8.90. The van der Waals surface area contributed by atoms with E-state index in [1.807, 2.05) is 6.92 Å². The summed E-state index contributed by atoms with van der Waals surface area (Å²) in [7, 11) is 0. The second kappa shape index (κ2) is 6.58. The zero-order chi connectivity index (χ0) is 20.0. The van der Waals surface area contributed by atoms with Crippen LogP contribution in [0.1, 0.15) is 40.0 Å². The highest BCUT2D eigenvalue weighted by atomic mass is 19.1. The highest BCUT2D eigenvalue weighted by Crippen LogP contribution is 2.46. The molecule has 2 fully saturated rings. The Kier molecular flexibility index (Phi) is 4.69. The summed E-state index contributed by atoms with van der Waals surface area (Å²) >= 11 is 0. The van der Waals surface area contributed by atoms with Gasteiger partial charge >= 0.3 is 6.03 Å².